The number of halogens is 1. The molecular formula is C16H16ClN3O3S. The summed E-state index contributed by atoms with van der Waals surface area (Å²) < 4.78 is 25.2. The minimum absolute atomic E-state index is 0.120. The Bertz CT molecular complexity index is 853. The first-order valence-electron chi connectivity index (χ1n) is 7.45. The lowest BCUT2D eigenvalue weighted by Gasteiger charge is -2.17. The van der Waals surface area contributed by atoms with E-state index in [1.807, 2.05) is 0 Å². The van der Waals surface area contributed by atoms with Crippen LogP contribution in [0.4, 0.5) is 11.4 Å². The number of nitrogens with one attached hydrogen (secondary N) is 1. The Kier molecular flexibility index (Phi) is 4.73. The Hall–Kier alpha value is -2.12. The Labute approximate surface area is 145 Å². The van der Waals surface area contributed by atoms with Crippen LogP contribution in [0.1, 0.15) is 12.0 Å². The summed E-state index contributed by atoms with van der Waals surface area (Å²) in [6.07, 6.45) is 2.32. The summed E-state index contributed by atoms with van der Waals surface area (Å²) in [5.74, 6) is -0.0383. The number of rotatable bonds is 4. The third-order valence-electron chi connectivity index (χ3n) is 3.73. The lowest BCUT2D eigenvalue weighted by molar-refractivity contribution is -0.115. The lowest BCUT2D eigenvalue weighted by atomic mass is 10.2. The molecule has 1 aromatic heterocycles. The third-order valence-corrected chi connectivity index (χ3v) is 5.94. The van der Waals surface area contributed by atoms with E-state index >= 15 is 0 Å². The van der Waals surface area contributed by atoms with E-state index < -0.39 is 10.0 Å². The summed E-state index contributed by atoms with van der Waals surface area (Å²) >= 11 is 5.94. The highest BCUT2D eigenvalue weighted by molar-refractivity contribution is 7.93. The fourth-order valence-corrected chi connectivity index (χ4v) is 4.32. The van der Waals surface area contributed by atoms with Crippen LogP contribution in [0.2, 0.25) is 5.15 Å². The van der Waals surface area contributed by atoms with Crippen molar-refractivity contribution in [3.63, 3.8) is 0 Å². The maximum absolute atomic E-state index is 12.1. The van der Waals surface area contributed by atoms with Crippen LogP contribution < -0.4 is 9.62 Å². The molecule has 24 heavy (non-hydrogen) atoms. The van der Waals surface area contributed by atoms with Crippen molar-refractivity contribution in [2.24, 2.45) is 0 Å². The second-order valence-electron chi connectivity index (χ2n) is 5.47. The van der Waals surface area contributed by atoms with Crippen molar-refractivity contribution in [2.45, 2.75) is 12.8 Å². The SMILES string of the molecule is O=C(Cc1cccnc1Cl)Nc1ccc(N2CCCS2(=O)=O)cc1. The van der Waals surface area contributed by atoms with Crippen LogP contribution >= 0.6 is 11.6 Å². The normalized spacial score (nSPS) is 16.1. The fraction of sp³-hybridized carbons (Fsp3) is 0.250. The first-order valence-corrected chi connectivity index (χ1v) is 9.44. The second kappa shape index (κ2) is 6.78. The Morgan fingerprint density at radius 1 is 1.25 bits per heavy atom. The molecule has 8 heteroatoms. The number of aromatic nitrogens is 1. The monoisotopic (exact) mass is 365 g/mol. The van der Waals surface area contributed by atoms with Crippen LogP contribution in [-0.4, -0.2) is 31.6 Å². The zero-order valence-electron chi connectivity index (χ0n) is 12.8. The van der Waals surface area contributed by atoms with Crippen LogP contribution in [0.5, 0.6) is 0 Å². The van der Waals surface area contributed by atoms with Crippen molar-refractivity contribution in [1.82, 2.24) is 4.98 Å². The van der Waals surface area contributed by atoms with Gasteiger partial charge in [-0.15, -0.1) is 0 Å². The van der Waals surface area contributed by atoms with Gasteiger partial charge in [-0.1, -0.05) is 17.7 Å². The second-order valence-corrected chi connectivity index (χ2v) is 7.84. The molecule has 1 saturated heterocycles. The Morgan fingerprint density at radius 3 is 2.62 bits per heavy atom. The minimum atomic E-state index is -3.20. The average molecular weight is 366 g/mol. The molecule has 0 aliphatic carbocycles. The highest BCUT2D eigenvalue weighted by atomic mass is 35.5. The number of amides is 1. The Morgan fingerprint density at radius 2 is 2.00 bits per heavy atom. The summed E-state index contributed by atoms with van der Waals surface area (Å²) in [6.45, 7) is 0.494. The standard InChI is InChI=1S/C16H16ClN3O3S/c17-16-12(3-1-8-18-16)11-15(21)19-13-4-6-14(7-5-13)20-9-2-10-24(20,22)23/h1,3-8H,2,9-11H2,(H,19,21). The van der Waals surface area contributed by atoms with E-state index in [9.17, 15) is 13.2 Å². The van der Waals surface area contributed by atoms with Gasteiger partial charge in [-0.25, -0.2) is 13.4 Å². The van der Waals surface area contributed by atoms with Crippen LogP contribution in [0, 0.1) is 0 Å². The van der Waals surface area contributed by atoms with Crippen LogP contribution in [0.3, 0.4) is 0 Å². The number of carbonyl (C=O) groups is 1. The molecule has 1 N–H and O–H groups in total. The zero-order chi connectivity index (χ0) is 17.2. The molecule has 0 saturated carbocycles. The molecule has 6 nitrogen and oxygen atoms in total. The molecule has 1 fully saturated rings. The van der Waals surface area contributed by atoms with E-state index in [1.54, 1.807) is 42.6 Å². The van der Waals surface area contributed by atoms with Crippen molar-refractivity contribution in [3.05, 3.63) is 53.3 Å². The van der Waals surface area contributed by atoms with Gasteiger partial charge in [-0.2, -0.15) is 0 Å². The first-order chi connectivity index (χ1) is 11.5. The largest absolute Gasteiger partial charge is 0.326 e. The van der Waals surface area contributed by atoms with Crippen LogP contribution in [0.15, 0.2) is 42.6 Å². The number of pyridine rings is 1. The van der Waals surface area contributed by atoms with E-state index in [2.05, 4.69) is 10.3 Å². The molecule has 0 bridgehead atoms. The quantitative estimate of drug-likeness (QED) is 0.844. The van der Waals surface area contributed by atoms with Gasteiger partial charge < -0.3 is 5.32 Å². The molecule has 1 aliphatic heterocycles. The van der Waals surface area contributed by atoms with Crippen LogP contribution in [0.25, 0.3) is 0 Å². The fourth-order valence-electron chi connectivity index (χ4n) is 2.57. The zero-order valence-corrected chi connectivity index (χ0v) is 14.3. The highest BCUT2D eigenvalue weighted by Crippen LogP contribution is 2.25. The summed E-state index contributed by atoms with van der Waals surface area (Å²) in [5, 5.41) is 3.07. The number of hydrogen-bond donors (Lipinski definition) is 1. The van der Waals surface area contributed by atoms with Crippen molar-refractivity contribution in [1.29, 1.82) is 0 Å². The molecule has 1 aromatic carbocycles. The molecule has 0 radical (unpaired) electrons. The maximum Gasteiger partial charge on any atom is 0.235 e. The van der Waals surface area contributed by atoms with Gasteiger partial charge in [0.05, 0.1) is 17.9 Å². The Balaban J connectivity index is 1.66. The van der Waals surface area contributed by atoms with Gasteiger partial charge >= 0.3 is 0 Å². The predicted octanol–water partition coefficient (Wildman–Crippen LogP) is 2.46. The number of sulfonamides is 1. The lowest BCUT2D eigenvalue weighted by Crippen LogP contribution is -2.25. The highest BCUT2D eigenvalue weighted by Gasteiger charge is 2.28. The molecule has 0 atom stereocenters. The van der Waals surface area contributed by atoms with E-state index in [1.165, 1.54) is 4.31 Å². The van der Waals surface area contributed by atoms with Gasteiger partial charge in [0, 0.05) is 18.4 Å². The number of carbonyl (C=O) groups excluding carboxylic acids is 1. The molecule has 0 spiro atoms. The van der Waals surface area contributed by atoms with Gasteiger partial charge in [-0.05, 0) is 42.3 Å². The van der Waals surface area contributed by atoms with E-state index in [-0.39, 0.29) is 18.1 Å². The maximum atomic E-state index is 12.1. The third kappa shape index (κ3) is 3.68. The van der Waals surface area contributed by atoms with Gasteiger partial charge in [0.25, 0.3) is 0 Å². The molecule has 126 valence electrons. The van der Waals surface area contributed by atoms with Crippen LogP contribution in [-0.2, 0) is 21.2 Å². The average Bonchev–Trinajstić information content (AvgIpc) is 2.90. The molecular weight excluding hydrogens is 350 g/mol. The molecule has 0 unspecified atom stereocenters. The number of benzene rings is 1. The van der Waals surface area contributed by atoms with E-state index in [0.29, 0.717) is 35.1 Å². The number of hydrogen-bond acceptors (Lipinski definition) is 4. The summed E-state index contributed by atoms with van der Waals surface area (Å²) in [6, 6.07) is 10.2. The van der Waals surface area contributed by atoms with Crippen molar-refractivity contribution < 1.29 is 13.2 Å². The van der Waals surface area contributed by atoms with Gasteiger partial charge in [0.15, 0.2) is 0 Å². The summed E-state index contributed by atoms with van der Waals surface area (Å²) in [5.41, 5.74) is 1.86. The molecule has 1 amide bonds. The molecule has 2 aromatic rings. The summed E-state index contributed by atoms with van der Waals surface area (Å²) in [7, 11) is -3.20. The molecule has 3 rings (SSSR count). The van der Waals surface area contributed by atoms with Gasteiger partial charge in [0.2, 0.25) is 15.9 Å². The molecule has 1 aliphatic rings. The topological polar surface area (TPSA) is 79.4 Å². The number of anilines is 2. The van der Waals surface area contributed by atoms with E-state index in [0.717, 1.165) is 0 Å². The van der Waals surface area contributed by atoms with Crippen molar-refractivity contribution in [2.75, 3.05) is 21.9 Å². The molecule has 2 heterocycles. The smallest absolute Gasteiger partial charge is 0.235 e. The van der Waals surface area contributed by atoms with E-state index in [4.69, 9.17) is 11.6 Å². The predicted molar refractivity (Wildman–Crippen MR) is 93.8 cm³/mol. The van der Waals surface area contributed by atoms with Crippen molar-refractivity contribution >= 4 is 38.9 Å². The van der Waals surface area contributed by atoms with Gasteiger partial charge in [0.1, 0.15) is 5.15 Å². The summed E-state index contributed by atoms with van der Waals surface area (Å²) in [4.78, 5) is 16.0. The first kappa shape index (κ1) is 16.7. The number of nitrogens with zero attached hydrogens (tertiary/aromatic N) is 2. The van der Waals surface area contributed by atoms with Crippen molar-refractivity contribution in [3.8, 4) is 0 Å². The van der Waals surface area contributed by atoms with Gasteiger partial charge in [-0.3, -0.25) is 9.10 Å². The minimum Gasteiger partial charge on any atom is -0.326 e.